The highest BCUT2D eigenvalue weighted by Gasteiger charge is 2.25. The van der Waals surface area contributed by atoms with Gasteiger partial charge in [0.25, 0.3) is 5.78 Å². The second kappa shape index (κ2) is 3.43. The van der Waals surface area contributed by atoms with Crippen molar-refractivity contribution in [3.63, 3.8) is 0 Å². The Morgan fingerprint density at radius 1 is 1.44 bits per heavy atom. The maximum Gasteiger partial charge on any atom is 0.254 e. The molecule has 2 heterocycles. The van der Waals surface area contributed by atoms with Gasteiger partial charge in [-0.3, -0.25) is 0 Å². The van der Waals surface area contributed by atoms with Crippen molar-refractivity contribution in [1.29, 1.82) is 0 Å². The first-order valence-corrected chi connectivity index (χ1v) is 5.66. The average Bonchev–Trinajstić information content (AvgIpc) is 2.62. The Morgan fingerprint density at radius 2 is 2.25 bits per heavy atom. The molecule has 0 bridgehead atoms. The molecule has 0 spiro atoms. The monoisotopic (exact) mass is 217 g/mol. The van der Waals surface area contributed by atoms with Crippen LogP contribution < -0.4 is 5.32 Å². The molecule has 84 valence electrons. The second-order valence-electron chi connectivity index (χ2n) is 4.67. The minimum absolute atomic E-state index is 0.573. The number of fused-ring (bicyclic) bond motifs is 1. The van der Waals surface area contributed by atoms with Gasteiger partial charge in [0.2, 0.25) is 0 Å². The molecule has 16 heavy (non-hydrogen) atoms. The summed E-state index contributed by atoms with van der Waals surface area (Å²) in [5.41, 5.74) is 0.968. The summed E-state index contributed by atoms with van der Waals surface area (Å²) in [5, 5.41) is 7.67. The largest absolute Gasteiger partial charge is 0.367 e. The van der Waals surface area contributed by atoms with Gasteiger partial charge in [0.1, 0.15) is 12.1 Å². The molecule has 2 aromatic heterocycles. The fourth-order valence-corrected chi connectivity index (χ4v) is 2.26. The highest BCUT2D eigenvalue weighted by atomic mass is 15.4. The molecule has 0 saturated heterocycles. The molecule has 0 aliphatic heterocycles. The van der Waals surface area contributed by atoms with Gasteiger partial charge in [-0.2, -0.15) is 14.6 Å². The first-order chi connectivity index (χ1) is 7.72. The van der Waals surface area contributed by atoms with Crippen molar-refractivity contribution in [2.24, 2.45) is 5.92 Å². The Bertz CT molecular complexity index is 512. The van der Waals surface area contributed by atoms with Crippen molar-refractivity contribution in [2.45, 2.75) is 32.7 Å². The van der Waals surface area contributed by atoms with Crippen molar-refractivity contribution in [3.05, 3.63) is 18.1 Å². The summed E-state index contributed by atoms with van der Waals surface area (Å²) < 4.78 is 1.76. The van der Waals surface area contributed by atoms with Crippen molar-refractivity contribution >= 4 is 11.6 Å². The summed E-state index contributed by atoms with van der Waals surface area (Å²) in [5.74, 6) is 2.50. The number of nitrogens with one attached hydrogen (secondary N) is 1. The van der Waals surface area contributed by atoms with Crippen LogP contribution in [0, 0.1) is 12.8 Å². The third-order valence-corrected chi connectivity index (χ3v) is 3.11. The van der Waals surface area contributed by atoms with E-state index < -0.39 is 0 Å². The lowest BCUT2D eigenvalue weighted by Crippen LogP contribution is -2.34. The third-order valence-electron chi connectivity index (χ3n) is 3.11. The van der Waals surface area contributed by atoms with Gasteiger partial charge in [-0.1, -0.05) is 6.92 Å². The molecule has 1 aliphatic rings. The van der Waals surface area contributed by atoms with Crippen molar-refractivity contribution in [3.8, 4) is 0 Å². The van der Waals surface area contributed by atoms with Gasteiger partial charge in [-0.15, -0.1) is 0 Å². The lowest BCUT2D eigenvalue weighted by molar-refractivity contribution is 0.308. The summed E-state index contributed by atoms with van der Waals surface area (Å²) in [6.45, 7) is 4.25. The molecule has 5 nitrogen and oxygen atoms in total. The molecule has 0 unspecified atom stereocenters. The molecule has 1 fully saturated rings. The Kier molecular flexibility index (Phi) is 2.05. The van der Waals surface area contributed by atoms with E-state index in [0.717, 1.165) is 17.4 Å². The van der Waals surface area contributed by atoms with Crippen LogP contribution in [0.5, 0.6) is 0 Å². The number of anilines is 1. The van der Waals surface area contributed by atoms with Gasteiger partial charge in [-0.05, 0) is 25.7 Å². The fourth-order valence-electron chi connectivity index (χ4n) is 2.26. The molecule has 0 aromatic carbocycles. The number of rotatable bonds is 2. The molecule has 5 heteroatoms. The first-order valence-electron chi connectivity index (χ1n) is 5.66. The van der Waals surface area contributed by atoms with Crippen LogP contribution in [0.2, 0.25) is 0 Å². The molecule has 2 aromatic rings. The van der Waals surface area contributed by atoms with Crippen molar-refractivity contribution in [1.82, 2.24) is 19.6 Å². The molecule has 1 saturated carbocycles. The summed E-state index contributed by atoms with van der Waals surface area (Å²) in [7, 11) is 0. The number of hydrogen-bond donors (Lipinski definition) is 1. The highest BCUT2D eigenvalue weighted by molar-refractivity contribution is 5.45. The van der Waals surface area contributed by atoms with E-state index in [9.17, 15) is 0 Å². The fraction of sp³-hybridized carbons (Fsp3) is 0.545. The van der Waals surface area contributed by atoms with Crippen molar-refractivity contribution < 1.29 is 0 Å². The number of nitrogens with zero attached hydrogens (tertiary/aromatic N) is 4. The number of aryl methyl sites for hydroxylation is 1. The van der Waals surface area contributed by atoms with Crippen LogP contribution in [0.1, 0.15) is 25.5 Å². The number of hydrogen-bond acceptors (Lipinski definition) is 4. The van der Waals surface area contributed by atoms with Crippen molar-refractivity contribution in [2.75, 3.05) is 5.32 Å². The predicted molar refractivity (Wildman–Crippen MR) is 61.3 cm³/mol. The van der Waals surface area contributed by atoms with Gasteiger partial charge in [-0.25, -0.2) is 4.98 Å². The van der Waals surface area contributed by atoms with Gasteiger partial charge in [0.15, 0.2) is 0 Å². The van der Waals surface area contributed by atoms with E-state index in [-0.39, 0.29) is 0 Å². The van der Waals surface area contributed by atoms with E-state index in [4.69, 9.17) is 0 Å². The van der Waals surface area contributed by atoms with E-state index in [1.165, 1.54) is 19.2 Å². The molecule has 0 amide bonds. The Labute approximate surface area is 93.9 Å². The van der Waals surface area contributed by atoms with E-state index >= 15 is 0 Å². The van der Waals surface area contributed by atoms with Crippen LogP contribution in [-0.2, 0) is 0 Å². The molecule has 3 rings (SSSR count). The smallest absolute Gasteiger partial charge is 0.254 e. The first kappa shape index (κ1) is 9.57. The zero-order valence-electron chi connectivity index (χ0n) is 9.51. The third kappa shape index (κ3) is 1.52. The van der Waals surface area contributed by atoms with Gasteiger partial charge in [0.05, 0.1) is 0 Å². The standard InChI is InChI=1S/C11H15N5/c1-7-3-9(4-7)15-10-5-8(2)14-11-12-6-13-16(10)11/h5-7,9,15H,3-4H2,1-2H3. The Morgan fingerprint density at radius 3 is 3.00 bits per heavy atom. The zero-order chi connectivity index (χ0) is 11.1. The van der Waals surface area contributed by atoms with E-state index in [1.54, 1.807) is 4.52 Å². The Balaban J connectivity index is 1.92. The second-order valence-corrected chi connectivity index (χ2v) is 4.67. The van der Waals surface area contributed by atoms with Gasteiger partial charge < -0.3 is 5.32 Å². The summed E-state index contributed by atoms with van der Waals surface area (Å²) in [6.07, 6.45) is 4.01. The van der Waals surface area contributed by atoms with E-state index in [2.05, 4.69) is 27.3 Å². The number of aromatic nitrogens is 4. The lowest BCUT2D eigenvalue weighted by atomic mass is 9.82. The zero-order valence-corrected chi connectivity index (χ0v) is 9.51. The normalized spacial score (nSPS) is 24.4. The van der Waals surface area contributed by atoms with Crippen LogP contribution in [0.25, 0.3) is 5.78 Å². The minimum Gasteiger partial charge on any atom is -0.367 e. The lowest BCUT2D eigenvalue weighted by Gasteiger charge is -2.33. The van der Waals surface area contributed by atoms with Crippen LogP contribution in [-0.4, -0.2) is 25.6 Å². The SMILES string of the molecule is Cc1cc(NC2CC(C)C2)n2ncnc2n1. The Hall–Kier alpha value is -1.65. The maximum atomic E-state index is 4.31. The minimum atomic E-state index is 0.573. The molecular weight excluding hydrogens is 202 g/mol. The summed E-state index contributed by atoms with van der Waals surface area (Å²) >= 11 is 0. The predicted octanol–water partition coefficient (Wildman–Crippen LogP) is 1.64. The van der Waals surface area contributed by atoms with Crippen LogP contribution in [0.4, 0.5) is 5.82 Å². The maximum absolute atomic E-state index is 4.31. The summed E-state index contributed by atoms with van der Waals surface area (Å²) in [4.78, 5) is 8.42. The topological polar surface area (TPSA) is 55.1 Å². The highest BCUT2D eigenvalue weighted by Crippen LogP contribution is 2.29. The quantitative estimate of drug-likeness (QED) is 0.831. The van der Waals surface area contributed by atoms with Crippen LogP contribution in [0.15, 0.2) is 12.4 Å². The summed E-state index contributed by atoms with van der Waals surface area (Å²) in [6, 6.07) is 2.59. The molecule has 0 radical (unpaired) electrons. The van der Waals surface area contributed by atoms with Gasteiger partial charge in [0, 0.05) is 17.8 Å². The van der Waals surface area contributed by atoms with E-state index in [0.29, 0.717) is 11.8 Å². The van der Waals surface area contributed by atoms with Gasteiger partial charge >= 0.3 is 0 Å². The molecule has 0 atom stereocenters. The molecular formula is C11H15N5. The van der Waals surface area contributed by atoms with Crippen LogP contribution >= 0.6 is 0 Å². The van der Waals surface area contributed by atoms with E-state index in [1.807, 2.05) is 13.0 Å². The molecule has 1 aliphatic carbocycles. The molecule has 1 N–H and O–H groups in total. The van der Waals surface area contributed by atoms with Crippen LogP contribution in [0.3, 0.4) is 0 Å². The average molecular weight is 217 g/mol.